The molecule has 0 aromatic heterocycles. The molecule has 11 heteroatoms. The number of benzene rings is 2. The zero-order valence-electron chi connectivity index (χ0n) is 20.1. The minimum absolute atomic E-state index is 0.0393. The summed E-state index contributed by atoms with van der Waals surface area (Å²) in [6.07, 6.45) is 1.53. The molecule has 2 aromatic rings. The highest BCUT2D eigenvalue weighted by Gasteiger charge is 2.36. The van der Waals surface area contributed by atoms with Crippen LogP contribution in [-0.2, 0) is 20.9 Å². The van der Waals surface area contributed by atoms with Gasteiger partial charge in [0.2, 0.25) is 0 Å². The molecular weight excluding hydrogens is 488 g/mol. The summed E-state index contributed by atoms with van der Waals surface area (Å²) >= 11 is 0.733. The van der Waals surface area contributed by atoms with Gasteiger partial charge in [-0.25, -0.2) is 0 Å². The lowest BCUT2D eigenvalue weighted by Crippen LogP contribution is -2.34. The zero-order valence-corrected chi connectivity index (χ0v) is 20.9. The Morgan fingerprint density at radius 3 is 2.58 bits per heavy atom. The monoisotopic (exact) mass is 514 g/mol. The molecule has 10 nitrogen and oxygen atoms in total. The number of rotatable bonds is 11. The first kappa shape index (κ1) is 26.7. The quantitative estimate of drug-likeness (QED) is 0.180. The van der Waals surface area contributed by atoms with E-state index in [1.54, 1.807) is 43.3 Å². The molecule has 2 amide bonds. The van der Waals surface area contributed by atoms with Crippen molar-refractivity contribution in [2.24, 2.45) is 5.92 Å². The average Bonchev–Trinajstić information content (AvgIpc) is 3.09. The molecule has 2 aromatic carbocycles. The summed E-state index contributed by atoms with van der Waals surface area (Å²) in [6.45, 7) is 5.61. The number of nitro groups is 1. The summed E-state index contributed by atoms with van der Waals surface area (Å²) in [6, 6.07) is 11.2. The molecule has 0 atom stereocenters. The van der Waals surface area contributed by atoms with Crippen molar-refractivity contribution >= 4 is 40.6 Å². The molecular formula is C25H26N2O8S. The summed E-state index contributed by atoms with van der Waals surface area (Å²) in [7, 11) is 0. The third-order valence-electron chi connectivity index (χ3n) is 4.88. The highest BCUT2D eigenvalue weighted by molar-refractivity contribution is 8.18. The van der Waals surface area contributed by atoms with Crippen molar-refractivity contribution in [3.63, 3.8) is 0 Å². The van der Waals surface area contributed by atoms with Gasteiger partial charge in [0.1, 0.15) is 13.2 Å². The van der Waals surface area contributed by atoms with E-state index in [4.69, 9.17) is 14.2 Å². The van der Waals surface area contributed by atoms with Gasteiger partial charge < -0.3 is 14.2 Å². The molecule has 0 saturated carbocycles. The molecule has 0 aliphatic carbocycles. The van der Waals surface area contributed by atoms with E-state index >= 15 is 0 Å². The van der Waals surface area contributed by atoms with E-state index in [0.29, 0.717) is 29.2 Å². The molecule has 0 bridgehead atoms. The third-order valence-corrected chi connectivity index (χ3v) is 5.78. The van der Waals surface area contributed by atoms with Crippen molar-refractivity contribution in [1.82, 2.24) is 4.90 Å². The Morgan fingerprint density at radius 2 is 1.89 bits per heavy atom. The van der Waals surface area contributed by atoms with Crippen LogP contribution in [0.5, 0.6) is 11.5 Å². The second-order valence-electron chi connectivity index (χ2n) is 8.16. The average molecular weight is 515 g/mol. The number of ether oxygens (including phenoxy) is 3. The first-order valence-electron chi connectivity index (χ1n) is 11.2. The summed E-state index contributed by atoms with van der Waals surface area (Å²) in [5.74, 6) is -0.347. The molecule has 0 N–H and O–H groups in total. The number of imide groups is 1. The van der Waals surface area contributed by atoms with Crippen LogP contribution in [0.3, 0.4) is 0 Å². The highest BCUT2D eigenvalue weighted by Crippen LogP contribution is 2.35. The minimum Gasteiger partial charge on any atom is -0.490 e. The van der Waals surface area contributed by atoms with Crippen molar-refractivity contribution < 1.29 is 33.5 Å². The maximum absolute atomic E-state index is 12.7. The SMILES string of the molecule is CCOc1cc(/C=C2/SC(=O)N(CC(=O)OCC(C)C)C2=O)ccc1OCc1ccccc1[N+](=O)[O-]. The van der Waals surface area contributed by atoms with Crippen molar-refractivity contribution in [2.45, 2.75) is 27.4 Å². The number of para-hydroxylation sites is 1. The summed E-state index contributed by atoms with van der Waals surface area (Å²) in [5.41, 5.74) is 0.940. The first-order chi connectivity index (χ1) is 17.2. The van der Waals surface area contributed by atoms with Crippen LogP contribution in [0, 0.1) is 16.0 Å². The van der Waals surface area contributed by atoms with Crippen LogP contribution >= 0.6 is 11.8 Å². The number of hydrogen-bond acceptors (Lipinski definition) is 9. The fourth-order valence-electron chi connectivity index (χ4n) is 3.19. The van der Waals surface area contributed by atoms with Crippen LogP contribution in [-0.4, -0.2) is 46.7 Å². The number of nitrogens with zero attached hydrogens (tertiary/aromatic N) is 2. The fraction of sp³-hybridized carbons (Fsp3) is 0.320. The van der Waals surface area contributed by atoms with Crippen molar-refractivity contribution in [2.75, 3.05) is 19.8 Å². The maximum atomic E-state index is 12.7. The van der Waals surface area contributed by atoms with Gasteiger partial charge in [-0.15, -0.1) is 0 Å². The summed E-state index contributed by atoms with van der Waals surface area (Å²) in [5, 5.41) is 10.7. The Hall–Kier alpha value is -3.86. The van der Waals surface area contributed by atoms with Crippen LogP contribution in [0.25, 0.3) is 6.08 Å². The van der Waals surface area contributed by atoms with Crippen LogP contribution in [0.1, 0.15) is 31.9 Å². The van der Waals surface area contributed by atoms with Crippen molar-refractivity contribution in [3.05, 3.63) is 68.6 Å². The van der Waals surface area contributed by atoms with Gasteiger partial charge in [0.05, 0.1) is 28.6 Å². The predicted octanol–water partition coefficient (Wildman–Crippen LogP) is 4.81. The number of carbonyl (C=O) groups is 3. The molecule has 0 radical (unpaired) electrons. The number of carbonyl (C=O) groups excluding carboxylic acids is 3. The second kappa shape index (κ2) is 12.2. The zero-order chi connectivity index (χ0) is 26.2. The normalized spacial score (nSPS) is 14.4. The largest absolute Gasteiger partial charge is 0.490 e. The molecule has 0 spiro atoms. The molecule has 1 aliphatic heterocycles. The van der Waals surface area contributed by atoms with E-state index in [1.165, 1.54) is 12.1 Å². The molecule has 1 fully saturated rings. The van der Waals surface area contributed by atoms with Gasteiger partial charge in [-0.1, -0.05) is 32.0 Å². The Morgan fingerprint density at radius 1 is 1.14 bits per heavy atom. The van der Waals surface area contributed by atoms with E-state index in [0.717, 1.165) is 16.7 Å². The summed E-state index contributed by atoms with van der Waals surface area (Å²) < 4.78 is 16.5. The number of esters is 1. The smallest absolute Gasteiger partial charge is 0.326 e. The van der Waals surface area contributed by atoms with E-state index < -0.39 is 28.6 Å². The Labute approximate surface area is 212 Å². The number of amides is 2. The minimum atomic E-state index is -0.647. The fourth-order valence-corrected chi connectivity index (χ4v) is 4.03. The molecule has 1 heterocycles. The highest BCUT2D eigenvalue weighted by atomic mass is 32.2. The van der Waals surface area contributed by atoms with Gasteiger partial charge >= 0.3 is 5.97 Å². The van der Waals surface area contributed by atoms with E-state index in [1.807, 2.05) is 13.8 Å². The predicted molar refractivity (Wildman–Crippen MR) is 134 cm³/mol. The maximum Gasteiger partial charge on any atom is 0.326 e. The topological polar surface area (TPSA) is 125 Å². The summed E-state index contributed by atoms with van der Waals surface area (Å²) in [4.78, 5) is 48.8. The lowest BCUT2D eigenvalue weighted by molar-refractivity contribution is -0.385. The molecule has 1 aliphatic rings. The Kier molecular flexibility index (Phi) is 9.07. The number of nitro benzene ring substituents is 1. The third kappa shape index (κ3) is 6.85. The standard InChI is InChI=1S/C25H26N2O8S/c1-4-33-21-11-17(9-10-20(21)34-15-18-7-5-6-8-19(18)27(31)32)12-22-24(29)26(25(30)36-22)13-23(28)35-14-16(2)3/h5-12,16H,4,13-15H2,1-3H3/b22-12+. The number of hydrogen-bond donors (Lipinski definition) is 0. The second-order valence-corrected chi connectivity index (χ2v) is 9.15. The van der Waals surface area contributed by atoms with Crippen LogP contribution in [0.2, 0.25) is 0 Å². The first-order valence-corrected chi connectivity index (χ1v) is 12.0. The molecule has 1 saturated heterocycles. The van der Waals surface area contributed by atoms with E-state index in [9.17, 15) is 24.5 Å². The lowest BCUT2D eigenvalue weighted by atomic mass is 10.1. The Balaban J connectivity index is 1.74. The van der Waals surface area contributed by atoms with Gasteiger partial charge in [-0.3, -0.25) is 29.4 Å². The molecule has 3 rings (SSSR count). The van der Waals surface area contributed by atoms with Gasteiger partial charge in [-0.2, -0.15) is 0 Å². The van der Waals surface area contributed by atoms with Gasteiger partial charge in [0.15, 0.2) is 11.5 Å². The van der Waals surface area contributed by atoms with Crippen LogP contribution < -0.4 is 9.47 Å². The molecule has 0 unspecified atom stereocenters. The van der Waals surface area contributed by atoms with Gasteiger partial charge in [0, 0.05) is 6.07 Å². The van der Waals surface area contributed by atoms with E-state index in [-0.39, 0.29) is 29.7 Å². The lowest BCUT2D eigenvalue weighted by Gasteiger charge is -2.13. The Bertz CT molecular complexity index is 1190. The van der Waals surface area contributed by atoms with Crippen LogP contribution in [0.4, 0.5) is 10.5 Å². The molecule has 36 heavy (non-hydrogen) atoms. The van der Waals surface area contributed by atoms with Crippen LogP contribution in [0.15, 0.2) is 47.4 Å². The van der Waals surface area contributed by atoms with Crippen molar-refractivity contribution in [3.8, 4) is 11.5 Å². The van der Waals surface area contributed by atoms with Crippen molar-refractivity contribution in [1.29, 1.82) is 0 Å². The molecule has 190 valence electrons. The van der Waals surface area contributed by atoms with Gasteiger partial charge in [0.25, 0.3) is 16.8 Å². The van der Waals surface area contributed by atoms with Gasteiger partial charge in [-0.05, 0) is 54.4 Å². The number of thioether (sulfide) groups is 1. The van der Waals surface area contributed by atoms with E-state index in [2.05, 4.69) is 0 Å².